The highest BCUT2D eigenvalue weighted by atomic mass is 79.9. The van der Waals surface area contributed by atoms with E-state index in [1.165, 1.54) is 5.56 Å². The van der Waals surface area contributed by atoms with E-state index in [1.807, 2.05) is 12.3 Å². The zero-order valence-corrected chi connectivity index (χ0v) is 14.8. The fourth-order valence-corrected chi connectivity index (χ4v) is 4.79. The maximum absolute atomic E-state index is 6.09. The minimum absolute atomic E-state index is 0.309. The van der Waals surface area contributed by atoms with Crippen molar-refractivity contribution in [1.82, 2.24) is 9.97 Å². The van der Waals surface area contributed by atoms with Gasteiger partial charge in [-0.25, -0.2) is 9.98 Å². The normalized spacial score (nSPS) is 26.7. The van der Waals surface area contributed by atoms with Crippen molar-refractivity contribution in [3.05, 3.63) is 52.9 Å². The lowest BCUT2D eigenvalue weighted by atomic mass is 9.82. The standard InChI is InChI=1S/C16H16BrN5S/c17-13-3-1-2-11(6-13)16-10-22(14-7-19-4-5-20-14)8-12(16)9-23-15(18)21-16/h1-7,12H,8-10H2,(H2,18,21)/t12-,16?/m0/s1. The number of aliphatic imine (C=N–C) groups is 1. The van der Waals surface area contributed by atoms with Crippen LogP contribution in [0.2, 0.25) is 0 Å². The van der Waals surface area contributed by atoms with Crippen molar-refractivity contribution in [2.24, 2.45) is 16.6 Å². The summed E-state index contributed by atoms with van der Waals surface area (Å²) in [6.07, 6.45) is 5.24. The van der Waals surface area contributed by atoms with Crippen LogP contribution in [0, 0.1) is 5.92 Å². The predicted octanol–water partition coefficient (Wildman–Crippen LogP) is 2.63. The number of thioether (sulfide) groups is 1. The second-order valence-electron chi connectivity index (χ2n) is 5.84. The summed E-state index contributed by atoms with van der Waals surface area (Å²) in [5, 5.41) is 0.669. The number of amidine groups is 1. The first kappa shape index (κ1) is 15.0. The van der Waals surface area contributed by atoms with Gasteiger partial charge in [0.15, 0.2) is 5.17 Å². The molecule has 0 spiro atoms. The van der Waals surface area contributed by atoms with E-state index in [-0.39, 0.29) is 5.54 Å². The van der Waals surface area contributed by atoms with E-state index in [9.17, 15) is 0 Å². The minimum atomic E-state index is -0.309. The largest absolute Gasteiger partial charge is 0.379 e. The van der Waals surface area contributed by atoms with Gasteiger partial charge in [0.05, 0.1) is 6.20 Å². The first-order chi connectivity index (χ1) is 11.2. The zero-order valence-electron chi connectivity index (χ0n) is 12.4. The Morgan fingerprint density at radius 1 is 1.35 bits per heavy atom. The Labute approximate surface area is 147 Å². The monoisotopic (exact) mass is 389 g/mol. The number of hydrogen-bond acceptors (Lipinski definition) is 6. The third-order valence-electron chi connectivity index (χ3n) is 4.49. The summed E-state index contributed by atoms with van der Waals surface area (Å²) < 4.78 is 1.06. The number of rotatable bonds is 2. The van der Waals surface area contributed by atoms with E-state index in [0.29, 0.717) is 11.1 Å². The highest BCUT2D eigenvalue weighted by molar-refractivity contribution is 9.10. The van der Waals surface area contributed by atoms with Gasteiger partial charge < -0.3 is 10.6 Å². The highest BCUT2D eigenvalue weighted by Gasteiger charge is 2.50. The SMILES string of the molecule is NC1=NC2(c3cccc(Br)c3)CN(c3cnccn3)C[C@H]2CS1. The molecule has 2 aliphatic rings. The second-order valence-corrected chi connectivity index (χ2v) is 7.79. The lowest BCUT2D eigenvalue weighted by Crippen LogP contribution is -2.40. The maximum Gasteiger partial charge on any atom is 0.154 e. The molecule has 7 heteroatoms. The third-order valence-corrected chi connectivity index (χ3v) is 5.94. The number of nitrogens with two attached hydrogens (primary N) is 1. The molecular weight excluding hydrogens is 374 g/mol. The van der Waals surface area contributed by atoms with Gasteiger partial charge in [0.2, 0.25) is 0 Å². The van der Waals surface area contributed by atoms with Crippen molar-refractivity contribution >= 4 is 38.7 Å². The number of halogens is 1. The van der Waals surface area contributed by atoms with E-state index >= 15 is 0 Å². The lowest BCUT2D eigenvalue weighted by molar-refractivity contribution is 0.387. The van der Waals surface area contributed by atoms with Gasteiger partial charge in [-0.2, -0.15) is 0 Å². The van der Waals surface area contributed by atoms with E-state index in [0.717, 1.165) is 29.1 Å². The highest BCUT2D eigenvalue weighted by Crippen LogP contribution is 2.46. The fourth-order valence-electron chi connectivity index (χ4n) is 3.41. The average Bonchev–Trinajstić information content (AvgIpc) is 2.96. The lowest BCUT2D eigenvalue weighted by Gasteiger charge is -2.34. The topological polar surface area (TPSA) is 67.4 Å². The summed E-state index contributed by atoms with van der Waals surface area (Å²) in [6, 6.07) is 8.39. The van der Waals surface area contributed by atoms with Gasteiger partial charge in [0.25, 0.3) is 0 Å². The smallest absolute Gasteiger partial charge is 0.154 e. The first-order valence-electron chi connectivity index (χ1n) is 7.42. The summed E-state index contributed by atoms with van der Waals surface area (Å²) in [5.74, 6) is 2.27. The van der Waals surface area contributed by atoms with Crippen molar-refractivity contribution in [2.75, 3.05) is 23.7 Å². The molecule has 4 rings (SSSR count). The average molecular weight is 390 g/mol. The molecule has 2 aliphatic heterocycles. The molecule has 1 unspecified atom stereocenters. The van der Waals surface area contributed by atoms with Crippen LogP contribution in [0.4, 0.5) is 5.82 Å². The molecule has 1 fully saturated rings. The summed E-state index contributed by atoms with van der Waals surface area (Å²) >= 11 is 5.22. The van der Waals surface area contributed by atoms with Gasteiger partial charge in [0, 0.05) is 41.6 Å². The van der Waals surface area contributed by atoms with Crippen molar-refractivity contribution in [3.63, 3.8) is 0 Å². The Kier molecular flexibility index (Phi) is 3.77. The van der Waals surface area contributed by atoms with Crippen LogP contribution >= 0.6 is 27.7 Å². The summed E-state index contributed by atoms with van der Waals surface area (Å²) in [4.78, 5) is 15.8. The maximum atomic E-state index is 6.09. The van der Waals surface area contributed by atoms with E-state index in [1.54, 1.807) is 24.2 Å². The van der Waals surface area contributed by atoms with Crippen LogP contribution in [0.25, 0.3) is 0 Å². The van der Waals surface area contributed by atoms with Crippen LogP contribution in [-0.2, 0) is 5.54 Å². The molecule has 2 N–H and O–H groups in total. The molecule has 2 aromatic rings. The molecular formula is C16H16BrN5S. The van der Waals surface area contributed by atoms with Crippen molar-refractivity contribution in [2.45, 2.75) is 5.54 Å². The van der Waals surface area contributed by atoms with Crippen LogP contribution in [-0.4, -0.2) is 34.0 Å². The number of hydrogen-bond donors (Lipinski definition) is 1. The third kappa shape index (κ3) is 2.61. The number of anilines is 1. The number of benzene rings is 1. The van der Waals surface area contributed by atoms with Crippen LogP contribution in [0.1, 0.15) is 5.56 Å². The molecule has 0 saturated carbocycles. The Balaban J connectivity index is 1.78. The summed E-state index contributed by atoms with van der Waals surface area (Å²) in [5.41, 5.74) is 6.98. The van der Waals surface area contributed by atoms with Crippen molar-refractivity contribution < 1.29 is 0 Å². The van der Waals surface area contributed by atoms with Gasteiger partial charge in [-0.1, -0.05) is 39.8 Å². The van der Waals surface area contributed by atoms with Gasteiger partial charge in [-0.15, -0.1) is 0 Å². The molecule has 2 atom stereocenters. The zero-order chi connectivity index (χ0) is 15.9. The van der Waals surface area contributed by atoms with Crippen LogP contribution < -0.4 is 10.6 Å². The molecule has 1 aromatic heterocycles. The summed E-state index contributed by atoms with van der Waals surface area (Å²) in [7, 11) is 0. The Hall–Kier alpha value is -1.60. The molecule has 1 saturated heterocycles. The van der Waals surface area contributed by atoms with E-state index in [2.05, 4.69) is 49.0 Å². The Morgan fingerprint density at radius 2 is 2.26 bits per heavy atom. The molecule has 3 heterocycles. The molecule has 0 radical (unpaired) electrons. The number of aromatic nitrogens is 2. The molecule has 0 amide bonds. The van der Waals surface area contributed by atoms with Gasteiger partial charge in [0.1, 0.15) is 11.4 Å². The molecule has 23 heavy (non-hydrogen) atoms. The molecule has 118 valence electrons. The predicted molar refractivity (Wildman–Crippen MR) is 97.6 cm³/mol. The molecule has 1 aromatic carbocycles. The Morgan fingerprint density at radius 3 is 3.04 bits per heavy atom. The summed E-state index contributed by atoms with van der Waals surface area (Å²) in [6.45, 7) is 1.68. The second kappa shape index (κ2) is 5.79. The van der Waals surface area contributed by atoms with Crippen LogP contribution in [0.3, 0.4) is 0 Å². The van der Waals surface area contributed by atoms with Gasteiger partial charge in [-0.05, 0) is 17.7 Å². The molecule has 5 nitrogen and oxygen atoms in total. The first-order valence-corrected chi connectivity index (χ1v) is 9.20. The number of nitrogens with zero attached hydrogens (tertiary/aromatic N) is 4. The van der Waals surface area contributed by atoms with Crippen molar-refractivity contribution in [3.8, 4) is 0 Å². The fraction of sp³-hybridized carbons (Fsp3) is 0.312. The van der Waals surface area contributed by atoms with Crippen LogP contribution in [0.5, 0.6) is 0 Å². The van der Waals surface area contributed by atoms with Crippen LogP contribution in [0.15, 0.2) is 52.3 Å². The molecule has 0 bridgehead atoms. The number of fused-ring (bicyclic) bond motifs is 1. The van der Waals surface area contributed by atoms with Gasteiger partial charge >= 0.3 is 0 Å². The van der Waals surface area contributed by atoms with E-state index < -0.39 is 0 Å². The van der Waals surface area contributed by atoms with Crippen molar-refractivity contribution in [1.29, 1.82) is 0 Å². The van der Waals surface area contributed by atoms with E-state index in [4.69, 9.17) is 10.7 Å². The minimum Gasteiger partial charge on any atom is -0.379 e. The molecule has 0 aliphatic carbocycles. The Bertz CT molecular complexity index is 753. The quantitative estimate of drug-likeness (QED) is 0.854. The van der Waals surface area contributed by atoms with Gasteiger partial charge in [-0.3, -0.25) is 4.98 Å².